The first-order valence-corrected chi connectivity index (χ1v) is 6.86. The van der Waals surface area contributed by atoms with Crippen LogP contribution in [0.2, 0.25) is 0 Å². The molecule has 2 rings (SSSR count). The minimum absolute atomic E-state index is 0.0668. The van der Waals surface area contributed by atoms with Crippen molar-refractivity contribution in [1.29, 1.82) is 0 Å². The molecule has 0 bridgehead atoms. The van der Waals surface area contributed by atoms with Gasteiger partial charge in [0, 0.05) is 26.3 Å². The van der Waals surface area contributed by atoms with Gasteiger partial charge in [-0.2, -0.15) is 5.10 Å². The van der Waals surface area contributed by atoms with Crippen LogP contribution >= 0.6 is 0 Å². The Kier molecular flexibility index (Phi) is 3.56. The number of aryl methyl sites for hydroxylation is 1. The third-order valence-corrected chi connectivity index (χ3v) is 4.24. The summed E-state index contributed by atoms with van der Waals surface area (Å²) >= 11 is 0. The van der Waals surface area contributed by atoms with Gasteiger partial charge in [0.15, 0.2) is 5.69 Å². The van der Waals surface area contributed by atoms with E-state index in [9.17, 15) is 4.79 Å². The lowest BCUT2D eigenvalue weighted by Crippen LogP contribution is -2.41. The number of carbonyl (C=O) groups is 1. The summed E-state index contributed by atoms with van der Waals surface area (Å²) < 4.78 is 1.58. The fourth-order valence-corrected chi connectivity index (χ4v) is 2.78. The molecule has 1 aromatic heterocycles. The third-order valence-electron chi connectivity index (χ3n) is 4.24. The molecule has 1 heterocycles. The average Bonchev–Trinajstić information content (AvgIpc) is 2.66. The first kappa shape index (κ1) is 13.9. The van der Waals surface area contributed by atoms with Gasteiger partial charge in [-0.15, -0.1) is 0 Å². The van der Waals surface area contributed by atoms with Crippen LogP contribution in [0.1, 0.15) is 50.0 Å². The highest BCUT2D eigenvalue weighted by molar-refractivity contribution is 5.97. The number of hydrogen-bond acceptors (Lipinski definition) is 3. The monoisotopic (exact) mass is 264 g/mol. The molecule has 0 spiro atoms. The molecule has 1 amide bonds. The van der Waals surface area contributed by atoms with Gasteiger partial charge in [0.1, 0.15) is 0 Å². The third kappa shape index (κ3) is 2.91. The van der Waals surface area contributed by atoms with Crippen LogP contribution in [-0.4, -0.2) is 33.7 Å². The molecule has 0 aromatic carbocycles. The van der Waals surface area contributed by atoms with E-state index < -0.39 is 0 Å². The Bertz CT molecular complexity index is 468. The fourth-order valence-electron chi connectivity index (χ4n) is 2.78. The van der Waals surface area contributed by atoms with E-state index in [1.165, 1.54) is 0 Å². The first-order valence-electron chi connectivity index (χ1n) is 6.86. The summed E-state index contributed by atoms with van der Waals surface area (Å²) in [5, 5.41) is 4.16. The van der Waals surface area contributed by atoms with Crippen molar-refractivity contribution in [3.63, 3.8) is 0 Å². The maximum atomic E-state index is 12.4. The van der Waals surface area contributed by atoms with Gasteiger partial charge in [-0.1, -0.05) is 13.8 Å². The van der Waals surface area contributed by atoms with Crippen LogP contribution < -0.4 is 5.73 Å². The lowest BCUT2D eigenvalue weighted by atomic mass is 9.75. The highest BCUT2D eigenvalue weighted by atomic mass is 16.2. The van der Waals surface area contributed by atoms with Gasteiger partial charge in [0.25, 0.3) is 5.91 Å². The molecule has 5 heteroatoms. The van der Waals surface area contributed by atoms with Gasteiger partial charge in [-0.05, 0) is 31.1 Å². The molecule has 5 nitrogen and oxygen atoms in total. The van der Waals surface area contributed by atoms with Crippen LogP contribution in [-0.2, 0) is 7.05 Å². The second kappa shape index (κ2) is 4.87. The Balaban J connectivity index is 2.06. The number of hydrogen-bond donors (Lipinski definition) is 1. The van der Waals surface area contributed by atoms with Crippen molar-refractivity contribution in [1.82, 2.24) is 14.7 Å². The predicted molar refractivity (Wildman–Crippen MR) is 75.8 cm³/mol. The number of aromatic nitrogens is 2. The zero-order chi connectivity index (χ0) is 14.2. The molecule has 1 aliphatic rings. The van der Waals surface area contributed by atoms with Crippen molar-refractivity contribution in [2.24, 2.45) is 12.5 Å². The van der Waals surface area contributed by atoms with Crippen molar-refractivity contribution in [3.8, 4) is 0 Å². The number of nitrogens with zero attached hydrogens (tertiary/aromatic N) is 3. The fraction of sp³-hybridized carbons (Fsp3) is 0.714. The number of rotatable bonds is 2. The summed E-state index contributed by atoms with van der Waals surface area (Å²) in [6.45, 7) is 4.59. The lowest BCUT2D eigenvalue weighted by molar-refractivity contribution is 0.0630. The highest BCUT2D eigenvalue weighted by Crippen LogP contribution is 2.36. The van der Waals surface area contributed by atoms with Gasteiger partial charge in [0.05, 0.1) is 5.69 Å². The minimum Gasteiger partial charge on any atom is -0.396 e. The topological polar surface area (TPSA) is 64.2 Å². The molecule has 1 aliphatic carbocycles. The molecule has 0 aliphatic heterocycles. The summed E-state index contributed by atoms with van der Waals surface area (Å²) in [5.74, 6) is -0.0668. The van der Waals surface area contributed by atoms with E-state index in [0.717, 1.165) is 25.7 Å². The SMILES string of the molecule is CN(C(=O)c1nn(C)cc1N)C1CCC(C)(C)CC1. The van der Waals surface area contributed by atoms with Crippen LogP contribution in [0.25, 0.3) is 0 Å². The van der Waals surface area contributed by atoms with E-state index in [0.29, 0.717) is 22.8 Å². The molecule has 106 valence electrons. The molecule has 0 radical (unpaired) electrons. The Morgan fingerprint density at radius 2 is 2.05 bits per heavy atom. The van der Waals surface area contributed by atoms with Crippen molar-refractivity contribution >= 4 is 11.6 Å². The Morgan fingerprint density at radius 3 is 2.53 bits per heavy atom. The van der Waals surface area contributed by atoms with E-state index >= 15 is 0 Å². The van der Waals surface area contributed by atoms with Crippen molar-refractivity contribution < 1.29 is 4.79 Å². The number of amides is 1. The quantitative estimate of drug-likeness (QED) is 0.889. The number of carbonyl (C=O) groups excluding carboxylic acids is 1. The molecule has 2 N–H and O–H groups in total. The molecule has 1 fully saturated rings. The van der Waals surface area contributed by atoms with Crippen LogP contribution in [0.3, 0.4) is 0 Å². The van der Waals surface area contributed by atoms with Gasteiger partial charge in [-0.25, -0.2) is 0 Å². The summed E-state index contributed by atoms with van der Waals surface area (Å²) in [4.78, 5) is 14.2. The predicted octanol–water partition coefficient (Wildman–Crippen LogP) is 2.04. The van der Waals surface area contributed by atoms with Crippen molar-refractivity contribution in [2.75, 3.05) is 12.8 Å². The van der Waals surface area contributed by atoms with Gasteiger partial charge in [0.2, 0.25) is 0 Å². The van der Waals surface area contributed by atoms with Crippen LogP contribution in [0.5, 0.6) is 0 Å². The number of nitrogens with two attached hydrogens (primary N) is 1. The first-order chi connectivity index (χ1) is 8.80. The maximum absolute atomic E-state index is 12.4. The second-order valence-electron chi connectivity index (χ2n) is 6.42. The molecule has 1 aromatic rings. The largest absolute Gasteiger partial charge is 0.396 e. The van der Waals surface area contributed by atoms with E-state index in [1.54, 1.807) is 17.9 Å². The van der Waals surface area contributed by atoms with Crippen LogP contribution in [0, 0.1) is 5.41 Å². The zero-order valence-electron chi connectivity index (χ0n) is 12.3. The number of anilines is 1. The van der Waals surface area contributed by atoms with Crippen LogP contribution in [0.15, 0.2) is 6.20 Å². The normalized spacial score (nSPS) is 19.4. The van der Waals surface area contributed by atoms with E-state index in [-0.39, 0.29) is 5.91 Å². The second-order valence-corrected chi connectivity index (χ2v) is 6.42. The Morgan fingerprint density at radius 1 is 1.47 bits per heavy atom. The van der Waals surface area contributed by atoms with Gasteiger partial charge in [-0.3, -0.25) is 9.48 Å². The van der Waals surface area contributed by atoms with Crippen molar-refractivity contribution in [3.05, 3.63) is 11.9 Å². The number of nitrogen functional groups attached to an aromatic ring is 1. The van der Waals surface area contributed by atoms with Gasteiger partial charge < -0.3 is 10.6 Å². The molecule has 19 heavy (non-hydrogen) atoms. The molecular formula is C14H24N4O. The molecule has 0 atom stereocenters. The lowest BCUT2D eigenvalue weighted by Gasteiger charge is -2.38. The smallest absolute Gasteiger partial charge is 0.276 e. The van der Waals surface area contributed by atoms with E-state index in [1.807, 2.05) is 11.9 Å². The van der Waals surface area contributed by atoms with Crippen LogP contribution in [0.4, 0.5) is 5.69 Å². The highest BCUT2D eigenvalue weighted by Gasteiger charge is 2.31. The summed E-state index contributed by atoms with van der Waals surface area (Å²) in [7, 11) is 3.63. The Labute approximate surface area is 114 Å². The molecule has 1 saturated carbocycles. The van der Waals surface area contributed by atoms with Gasteiger partial charge >= 0.3 is 0 Å². The molecular weight excluding hydrogens is 240 g/mol. The minimum atomic E-state index is -0.0668. The standard InChI is InChI=1S/C14H24N4O/c1-14(2)7-5-10(6-8-14)18(4)13(19)12-11(15)9-17(3)16-12/h9-10H,5-8,15H2,1-4H3. The van der Waals surface area contributed by atoms with E-state index in [2.05, 4.69) is 18.9 Å². The Hall–Kier alpha value is -1.52. The average molecular weight is 264 g/mol. The molecule has 0 unspecified atom stereocenters. The summed E-state index contributed by atoms with van der Waals surface area (Å²) in [5.41, 5.74) is 7.05. The summed E-state index contributed by atoms with van der Waals surface area (Å²) in [6, 6.07) is 0.307. The summed E-state index contributed by atoms with van der Waals surface area (Å²) in [6.07, 6.45) is 6.11. The molecule has 0 saturated heterocycles. The van der Waals surface area contributed by atoms with E-state index in [4.69, 9.17) is 5.73 Å². The maximum Gasteiger partial charge on any atom is 0.276 e. The van der Waals surface area contributed by atoms with Crippen molar-refractivity contribution in [2.45, 2.75) is 45.6 Å². The zero-order valence-corrected chi connectivity index (χ0v) is 12.3.